The van der Waals surface area contributed by atoms with Crippen molar-refractivity contribution >= 4 is 0 Å². The smallest absolute Gasteiger partial charge is 0.240 e. The van der Waals surface area contributed by atoms with Crippen LogP contribution in [-0.2, 0) is 6.18 Å². The molecule has 0 spiro atoms. The minimum absolute atomic E-state index is 0.313. The van der Waals surface area contributed by atoms with E-state index < -0.39 is 17.6 Å². The molecule has 0 amide bonds. The molecule has 0 N–H and O–H groups in total. The van der Waals surface area contributed by atoms with Gasteiger partial charge >= 0.3 is 6.18 Å². The van der Waals surface area contributed by atoms with Crippen LogP contribution in [0.1, 0.15) is 49.4 Å². The molecule has 0 bridgehead atoms. The molecule has 0 radical (unpaired) electrons. The summed E-state index contributed by atoms with van der Waals surface area (Å²) in [5, 5.41) is 4.47. The summed E-state index contributed by atoms with van der Waals surface area (Å²) >= 11 is 0. The van der Waals surface area contributed by atoms with Crippen molar-refractivity contribution in [1.29, 1.82) is 0 Å². The fourth-order valence-electron chi connectivity index (χ4n) is 3.47. The molecule has 2 nitrogen and oxygen atoms in total. The average molecular weight is 390 g/mol. The highest BCUT2D eigenvalue weighted by atomic mass is 19.4. The van der Waals surface area contributed by atoms with Crippen molar-refractivity contribution in [2.75, 3.05) is 0 Å². The summed E-state index contributed by atoms with van der Waals surface area (Å²) in [5.41, 5.74) is 2.41. The third-order valence-electron chi connectivity index (χ3n) is 5.03. The molecule has 3 aromatic rings. The van der Waals surface area contributed by atoms with Gasteiger partial charge in [-0.3, -0.25) is 0 Å². The molecule has 3 rings (SSSR count). The van der Waals surface area contributed by atoms with Crippen molar-refractivity contribution < 1.29 is 17.6 Å². The van der Waals surface area contributed by atoms with Crippen molar-refractivity contribution in [2.45, 2.75) is 45.7 Å². The molecule has 0 aliphatic rings. The van der Waals surface area contributed by atoms with E-state index in [4.69, 9.17) is 0 Å². The second-order valence-corrected chi connectivity index (χ2v) is 6.88. The molecule has 0 fully saturated rings. The summed E-state index contributed by atoms with van der Waals surface area (Å²) in [7, 11) is 0. The second-order valence-electron chi connectivity index (χ2n) is 6.88. The quantitative estimate of drug-likeness (QED) is 0.433. The van der Waals surface area contributed by atoms with Gasteiger partial charge in [0, 0.05) is 6.20 Å². The lowest BCUT2D eigenvalue weighted by Crippen LogP contribution is -2.08. The fraction of sp³-hybridized carbons (Fsp3) is 0.318. The Bertz CT molecular complexity index is 969. The van der Waals surface area contributed by atoms with Crippen molar-refractivity contribution in [3.63, 3.8) is 0 Å². The molecule has 1 aromatic heterocycles. The first kappa shape index (κ1) is 20.1. The SMILES string of the molecule is CCC(CC)c1ccc(-c2ccc(F)c(C(F)(F)F)c2)cc1-n1ccc(C)n1. The lowest BCUT2D eigenvalue weighted by Gasteiger charge is -2.19. The van der Waals surface area contributed by atoms with Crippen LogP contribution in [0.3, 0.4) is 0 Å². The van der Waals surface area contributed by atoms with Crippen LogP contribution in [0.4, 0.5) is 17.6 Å². The number of hydrogen-bond acceptors (Lipinski definition) is 1. The Kier molecular flexibility index (Phi) is 5.59. The molecule has 0 aliphatic heterocycles. The highest BCUT2D eigenvalue weighted by Crippen LogP contribution is 2.36. The van der Waals surface area contributed by atoms with Gasteiger partial charge in [0.25, 0.3) is 0 Å². The number of rotatable bonds is 5. The Labute approximate surface area is 161 Å². The van der Waals surface area contributed by atoms with Gasteiger partial charge in [-0.15, -0.1) is 0 Å². The topological polar surface area (TPSA) is 17.8 Å². The van der Waals surface area contributed by atoms with Crippen molar-refractivity contribution in [3.05, 3.63) is 71.3 Å². The van der Waals surface area contributed by atoms with Crippen LogP contribution in [0.5, 0.6) is 0 Å². The molecule has 28 heavy (non-hydrogen) atoms. The zero-order chi connectivity index (χ0) is 20.5. The van der Waals surface area contributed by atoms with E-state index in [2.05, 4.69) is 18.9 Å². The molecule has 0 saturated heterocycles. The average Bonchev–Trinajstić information content (AvgIpc) is 3.09. The Morgan fingerprint density at radius 3 is 2.18 bits per heavy atom. The molecule has 2 aromatic carbocycles. The number of alkyl halides is 3. The second kappa shape index (κ2) is 7.78. The summed E-state index contributed by atoms with van der Waals surface area (Å²) in [6.07, 6.45) is -1.01. The van der Waals surface area contributed by atoms with Crippen LogP contribution in [0.15, 0.2) is 48.7 Å². The minimum Gasteiger partial charge on any atom is -0.240 e. The Balaban J connectivity index is 2.16. The van der Waals surface area contributed by atoms with Crippen LogP contribution in [0.25, 0.3) is 16.8 Å². The van der Waals surface area contributed by atoms with Crippen molar-refractivity contribution in [1.82, 2.24) is 9.78 Å². The monoisotopic (exact) mass is 390 g/mol. The van der Waals surface area contributed by atoms with E-state index in [0.717, 1.165) is 41.9 Å². The van der Waals surface area contributed by atoms with E-state index in [0.29, 0.717) is 17.0 Å². The summed E-state index contributed by atoms with van der Waals surface area (Å²) < 4.78 is 54.7. The predicted octanol–water partition coefficient (Wildman–Crippen LogP) is 6.91. The number of aromatic nitrogens is 2. The van der Waals surface area contributed by atoms with Crippen LogP contribution < -0.4 is 0 Å². The maximum absolute atomic E-state index is 13.7. The van der Waals surface area contributed by atoms with Crippen molar-refractivity contribution in [3.8, 4) is 16.8 Å². The van der Waals surface area contributed by atoms with Crippen LogP contribution >= 0.6 is 0 Å². The lowest BCUT2D eigenvalue weighted by molar-refractivity contribution is -0.139. The molecule has 148 valence electrons. The number of nitrogens with zero attached hydrogens (tertiary/aromatic N) is 2. The standard InChI is InChI=1S/C22H22F4N2/c1-4-15(5-2)18-8-6-17(13-21(18)28-11-10-14(3)27-28)16-7-9-20(23)19(12-16)22(24,25)26/h6-13,15H,4-5H2,1-3H3. The van der Waals surface area contributed by atoms with Gasteiger partial charge in [0.1, 0.15) is 5.82 Å². The minimum atomic E-state index is -4.74. The predicted molar refractivity (Wildman–Crippen MR) is 102 cm³/mol. The number of benzene rings is 2. The molecular weight excluding hydrogens is 368 g/mol. The van der Waals surface area contributed by atoms with Gasteiger partial charge < -0.3 is 0 Å². The van der Waals surface area contributed by atoms with E-state index >= 15 is 0 Å². The first-order valence-electron chi connectivity index (χ1n) is 9.28. The largest absolute Gasteiger partial charge is 0.419 e. The van der Waals surface area contributed by atoms with E-state index in [1.807, 2.05) is 31.3 Å². The third kappa shape index (κ3) is 3.96. The maximum Gasteiger partial charge on any atom is 0.419 e. The lowest BCUT2D eigenvalue weighted by atomic mass is 9.90. The van der Waals surface area contributed by atoms with Crippen LogP contribution in [0.2, 0.25) is 0 Å². The molecule has 0 atom stereocenters. The number of aryl methyl sites for hydroxylation is 1. The maximum atomic E-state index is 13.7. The normalized spacial score (nSPS) is 12.0. The van der Waals surface area contributed by atoms with Gasteiger partial charge in [0.2, 0.25) is 0 Å². The van der Waals surface area contributed by atoms with Gasteiger partial charge in [-0.05, 0) is 66.6 Å². The number of hydrogen-bond donors (Lipinski definition) is 0. The first-order chi connectivity index (χ1) is 13.2. The Morgan fingerprint density at radius 2 is 1.61 bits per heavy atom. The molecular formula is C22H22F4N2. The van der Waals surface area contributed by atoms with Gasteiger partial charge in [-0.25, -0.2) is 9.07 Å². The number of halogens is 4. The van der Waals surface area contributed by atoms with Crippen molar-refractivity contribution in [2.24, 2.45) is 0 Å². The first-order valence-corrected chi connectivity index (χ1v) is 9.28. The summed E-state index contributed by atoms with van der Waals surface area (Å²) in [6.45, 7) is 6.10. The molecule has 0 aliphatic carbocycles. The third-order valence-corrected chi connectivity index (χ3v) is 5.03. The Morgan fingerprint density at radius 1 is 0.964 bits per heavy atom. The molecule has 0 unspecified atom stereocenters. The zero-order valence-corrected chi connectivity index (χ0v) is 16.0. The van der Waals surface area contributed by atoms with Crippen LogP contribution in [0, 0.1) is 12.7 Å². The summed E-state index contributed by atoms with van der Waals surface area (Å²) in [5.74, 6) is -0.958. The molecule has 6 heteroatoms. The Hall–Kier alpha value is -2.63. The van der Waals surface area contributed by atoms with Gasteiger partial charge in [-0.2, -0.15) is 18.3 Å². The van der Waals surface area contributed by atoms with E-state index in [-0.39, 0.29) is 0 Å². The molecule has 0 saturated carbocycles. The zero-order valence-electron chi connectivity index (χ0n) is 16.0. The fourth-order valence-corrected chi connectivity index (χ4v) is 3.47. The summed E-state index contributed by atoms with van der Waals surface area (Å²) in [6, 6.07) is 10.5. The highest BCUT2D eigenvalue weighted by molar-refractivity contribution is 5.68. The molecule has 1 heterocycles. The van der Waals surface area contributed by atoms with Gasteiger partial charge in [-0.1, -0.05) is 32.0 Å². The van der Waals surface area contributed by atoms with Gasteiger partial charge in [0.15, 0.2) is 0 Å². The highest BCUT2D eigenvalue weighted by Gasteiger charge is 2.34. The van der Waals surface area contributed by atoms with Gasteiger partial charge in [0.05, 0.1) is 16.9 Å². The summed E-state index contributed by atoms with van der Waals surface area (Å²) in [4.78, 5) is 0. The van der Waals surface area contributed by atoms with E-state index in [1.54, 1.807) is 10.7 Å². The van der Waals surface area contributed by atoms with E-state index in [9.17, 15) is 17.6 Å². The van der Waals surface area contributed by atoms with E-state index in [1.165, 1.54) is 6.07 Å². The van der Waals surface area contributed by atoms with Crippen LogP contribution in [-0.4, -0.2) is 9.78 Å².